The fourth-order valence-corrected chi connectivity index (χ4v) is 2.54. The number of hydrogen-bond donors (Lipinski definition) is 1. The monoisotopic (exact) mass is 205 g/mol. The van der Waals surface area contributed by atoms with Gasteiger partial charge in [-0.3, -0.25) is 0 Å². The van der Waals surface area contributed by atoms with Crippen LogP contribution in [0, 0.1) is 5.92 Å². The molecule has 14 heavy (non-hydrogen) atoms. The third-order valence-corrected chi connectivity index (χ3v) is 3.84. The van der Waals surface area contributed by atoms with Gasteiger partial charge in [-0.05, 0) is 11.5 Å². The van der Waals surface area contributed by atoms with Crippen molar-refractivity contribution in [2.75, 3.05) is 0 Å². The van der Waals surface area contributed by atoms with Gasteiger partial charge in [0.25, 0.3) is 0 Å². The lowest BCUT2D eigenvalue weighted by atomic mass is 10.2. The van der Waals surface area contributed by atoms with E-state index in [0.717, 1.165) is 0 Å². The standard InChI is InChI=1S/C12H15NS/c1-9(2)12-13-8-11(14-12)10-6-4-3-5-7-10/h3-9,12-13H,1-2H3. The second kappa shape index (κ2) is 4.09. The SMILES string of the molecule is CC(C)C1NC=C(c2ccccc2)S1. The van der Waals surface area contributed by atoms with Gasteiger partial charge in [0, 0.05) is 11.1 Å². The van der Waals surface area contributed by atoms with Gasteiger partial charge in [0.15, 0.2) is 0 Å². The predicted molar refractivity (Wildman–Crippen MR) is 63.8 cm³/mol. The van der Waals surface area contributed by atoms with E-state index in [4.69, 9.17) is 0 Å². The fourth-order valence-electron chi connectivity index (χ4n) is 1.44. The van der Waals surface area contributed by atoms with E-state index in [0.29, 0.717) is 11.3 Å². The van der Waals surface area contributed by atoms with Gasteiger partial charge in [-0.1, -0.05) is 55.9 Å². The molecule has 2 heteroatoms. The maximum atomic E-state index is 3.41. The maximum absolute atomic E-state index is 3.41. The van der Waals surface area contributed by atoms with Gasteiger partial charge < -0.3 is 5.32 Å². The zero-order valence-electron chi connectivity index (χ0n) is 8.53. The van der Waals surface area contributed by atoms with Crippen molar-refractivity contribution in [3.63, 3.8) is 0 Å². The third-order valence-electron chi connectivity index (χ3n) is 2.30. The van der Waals surface area contributed by atoms with Crippen LogP contribution < -0.4 is 5.32 Å². The summed E-state index contributed by atoms with van der Waals surface area (Å²) < 4.78 is 0. The van der Waals surface area contributed by atoms with Crippen molar-refractivity contribution in [3.8, 4) is 0 Å². The minimum atomic E-state index is 0.533. The fraction of sp³-hybridized carbons (Fsp3) is 0.333. The summed E-state index contributed by atoms with van der Waals surface area (Å²) >= 11 is 1.92. The highest BCUT2D eigenvalue weighted by Crippen LogP contribution is 2.36. The van der Waals surface area contributed by atoms with E-state index in [9.17, 15) is 0 Å². The highest BCUT2D eigenvalue weighted by atomic mass is 32.2. The van der Waals surface area contributed by atoms with E-state index in [2.05, 4.69) is 55.7 Å². The van der Waals surface area contributed by atoms with Crippen molar-refractivity contribution >= 4 is 16.7 Å². The van der Waals surface area contributed by atoms with Crippen molar-refractivity contribution in [1.29, 1.82) is 0 Å². The van der Waals surface area contributed by atoms with Crippen LogP contribution in [0.15, 0.2) is 36.5 Å². The quantitative estimate of drug-likeness (QED) is 0.795. The molecule has 0 aliphatic carbocycles. The van der Waals surface area contributed by atoms with Crippen LogP contribution in [-0.4, -0.2) is 5.37 Å². The lowest BCUT2D eigenvalue weighted by Crippen LogP contribution is -2.21. The molecule has 1 N–H and O–H groups in total. The molecule has 1 atom stereocenters. The molecule has 1 nitrogen and oxygen atoms in total. The van der Waals surface area contributed by atoms with Crippen LogP contribution in [0.25, 0.3) is 4.91 Å². The van der Waals surface area contributed by atoms with Crippen LogP contribution in [0.5, 0.6) is 0 Å². The normalized spacial score (nSPS) is 20.8. The molecule has 1 unspecified atom stereocenters. The number of nitrogens with one attached hydrogen (secondary N) is 1. The van der Waals surface area contributed by atoms with Gasteiger partial charge in [-0.15, -0.1) is 0 Å². The highest BCUT2D eigenvalue weighted by Gasteiger charge is 2.20. The molecular weight excluding hydrogens is 190 g/mol. The number of hydrogen-bond acceptors (Lipinski definition) is 2. The van der Waals surface area contributed by atoms with E-state index < -0.39 is 0 Å². The molecule has 74 valence electrons. The lowest BCUT2D eigenvalue weighted by molar-refractivity contribution is 0.576. The summed E-state index contributed by atoms with van der Waals surface area (Å²) in [4.78, 5) is 1.35. The number of thioether (sulfide) groups is 1. The second-order valence-corrected chi connectivity index (χ2v) is 5.01. The first-order valence-corrected chi connectivity index (χ1v) is 5.83. The minimum absolute atomic E-state index is 0.533. The molecule has 0 bridgehead atoms. The molecule has 0 amide bonds. The van der Waals surface area contributed by atoms with Crippen LogP contribution in [-0.2, 0) is 0 Å². The first kappa shape index (κ1) is 9.66. The van der Waals surface area contributed by atoms with Crippen LogP contribution >= 0.6 is 11.8 Å². The van der Waals surface area contributed by atoms with Crippen molar-refractivity contribution in [1.82, 2.24) is 5.32 Å². The minimum Gasteiger partial charge on any atom is -0.378 e. The second-order valence-electron chi connectivity index (χ2n) is 3.82. The molecule has 1 heterocycles. The van der Waals surface area contributed by atoms with Crippen LogP contribution in [0.2, 0.25) is 0 Å². The Morgan fingerprint density at radius 3 is 2.50 bits per heavy atom. The van der Waals surface area contributed by atoms with Crippen LogP contribution in [0.1, 0.15) is 19.4 Å². The molecular formula is C12H15NS. The largest absolute Gasteiger partial charge is 0.378 e. The molecule has 0 saturated carbocycles. The molecule has 1 aromatic carbocycles. The first-order chi connectivity index (χ1) is 6.77. The topological polar surface area (TPSA) is 12.0 Å². The average molecular weight is 205 g/mol. The van der Waals surface area contributed by atoms with Gasteiger partial charge in [-0.25, -0.2) is 0 Å². The molecule has 0 aromatic heterocycles. The van der Waals surface area contributed by atoms with Crippen molar-refractivity contribution < 1.29 is 0 Å². The summed E-state index contributed by atoms with van der Waals surface area (Å²) in [5, 5.41) is 3.94. The highest BCUT2D eigenvalue weighted by molar-refractivity contribution is 8.09. The average Bonchev–Trinajstić information content (AvgIpc) is 2.68. The van der Waals surface area contributed by atoms with Crippen molar-refractivity contribution in [2.24, 2.45) is 5.92 Å². The van der Waals surface area contributed by atoms with Gasteiger partial charge in [-0.2, -0.15) is 0 Å². The van der Waals surface area contributed by atoms with Crippen molar-refractivity contribution in [3.05, 3.63) is 42.1 Å². The van der Waals surface area contributed by atoms with Crippen LogP contribution in [0.3, 0.4) is 0 Å². The molecule has 1 aliphatic rings. The summed E-state index contributed by atoms with van der Waals surface area (Å²) in [6.07, 6.45) is 2.13. The summed E-state index contributed by atoms with van der Waals surface area (Å²) in [5.41, 5.74) is 1.31. The lowest BCUT2D eigenvalue weighted by Gasteiger charge is -2.14. The van der Waals surface area contributed by atoms with E-state index in [1.54, 1.807) is 0 Å². The number of benzene rings is 1. The Morgan fingerprint density at radius 1 is 1.21 bits per heavy atom. The zero-order chi connectivity index (χ0) is 9.97. The molecule has 1 aliphatic heterocycles. The molecule has 0 radical (unpaired) electrons. The van der Waals surface area contributed by atoms with Crippen LogP contribution in [0.4, 0.5) is 0 Å². The molecule has 1 aromatic rings. The first-order valence-electron chi connectivity index (χ1n) is 4.95. The Hall–Kier alpha value is -0.890. The summed E-state index contributed by atoms with van der Waals surface area (Å²) in [6, 6.07) is 10.5. The Balaban J connectivity index is 2.09. The van der Waals surface area contributed by atoms with E-state index in [1.807, 2.05) is 11.8 Å². The van der Waals surface area contributed by atoms with Crippen molar-refractivity contribution in [2.45, 2.75) is 19.2 Å². The van der Waals surface area contributed by atoms with E-state index in [1.165, 1.54) is 10.5 Å². The van der Waals surface area contributed by atoms with Gasteiger partial charge >= 0.3 is 0 Å². The molecule has 0 fully saturated rings. The summed E-state index contributed by atoms with van der Waals surface area (Å²) in [6.45, 7) is 4.49. The third kappa shape index (κ3) is 1.95. The Labute approximate surface area is 89.6 Å². The summed E-state index contributed by atoms with van der Waals surface area (Å²) in [5.74, 6) is 0.664. The van der Waals surface area contributed by atoms with E-state index >= 15 is 0 Å². The molecule has 0 saturated heterocycles. The van der Waals surface area contributed by atoms with Gasteiger partial charge in [0.1, 0.15) is 0 Å². The maximum Gasteiger partial charge on any atom is 0.0788 e. The van der Waals surface area contributed by atoms with Gasteiger partial charge in [0.05, 0.1) is 5.37 Å². The van der Waals surface area contributed by atoms with E-state index in [-0.39, 0.29) is 0 Å². The molecule has 2 rings (SSSR count). The Morgan fingerprint density at radius 2 is 1.93 bits per heavy atom. The molecule has 0 spiro atoms. The number of rotatable bonds is 2. The summed E-state index contributed by atoms with van der Waals surface area (Å²) in [7, 11) is 0. The van der Waals surface area contributed by atoms with Gasteiger partial charge in [0.2, 0.25) is 0 Å². The smallest absolute Gasteiger partial charge is 0.0788 e. The Bertz CT molecular complexity index is 329. The zero-order valence-corrected chi connectivity index (χ0v) is 9.34. The Kier molecular flexibility index (Phi) is 2.82. The predicted octanol–water partition coefficient (Wildman–Crippen LogP) is 3.30.